The lowest BCUT2D eigenvalue weighted by Crippen LogP contribution is -2.40. The Hall–Kier alpha value is -3.56. The Morgan fingerprint density at radius 1 is 1.03 bits per heavy atom. The normalized spacial score (nSPS) is 11.2. The summed E-state index contributed by atoms with van der Waals surface area (Å²) < 4.78 is 21.0. The molecule has 0 N–H and O–H groups in total. The number of nitrogens with zero attached hydrogens (tertiary/aromatic N) is 4. The van der Waals surface area contributed by atoms with E-state index in [1.54, 1.807) is 30.9 Å². The van der Waals surface area contributed by atoms with Crippen molar-refractivity contribution in [1.82, 2.24) is 18.7 Å². The number of hydrogen-bond acceptors (Lipinski definition) is 6. The van der Waals surface area contributed by atoms with Gasteiger partial charge in [0, 0.05) is 18.7 Å². The van der Waals surface area contributed by atoms with E-state index in [1.165, 1.54) is 9.13 Å². The maximum atomic E-state index is 13.5. The molecule has 10 heteroatoms. The molecule has 0 unspecified atom stereocenters. The van der Waals surface area contributed by atoms with Crippen LogP contribution >= 0.6 is 11.6 Å². The third-order valence-corrected chi connectivity index (χ3v) is 5.87. The van der Waals surface area contributed by atoms with Crippen LogP contribution in [0.3, 0.4) is 0 Å². The van der Waals surface area contributed by atoms with Gasteiger partial charge >= 0.3 is 5.69 Å². The molecule has 9 nitrogen and oxygen atoms in total. The van der Waals surface area contributed by atoms with Crippen LogP contribution in [0.4, 0.5) is 0 Å². The first kappa shape index (κ1) is 24.6. The minimum absolute atomic E-state index is 0.140. The molecule has 184 valence electrons. The van der Waals surface area contributed by atoms with E-state index in [0.717, 1.165) is 11.1 Å². The summed E-state index contributed by atoms with van der Waals surface area (Å²) in [4.78, 5) is 30.9. The number of fused-ring (bicyclic) bond motifs is 1. The van der Waals surface area contributed by atoms with Gasteiger partial charge in [-0.1, -0.05) is 35.9 Å². The molecule has 0 saturated carbocycles. The fourth-order valence-corrected chi connectivity index (χ4v) is 3.91. The Morgan fingerprint density at radius 3 is 2.51 bits per heavy atom. The highest BCUT2D eigenvalue weighted by Gasteiger charge is 2.21. The molecule has 4 aromatic rings. The van der Waals surface area contributed by atoms with Gasteiger partial charge in [-0.2, -0.15) is 4.98 Å². The van der Waals surface area contributed by atoms with E-state index in [2.05, 4.69) is 4.98 Å². The number of benzene rings is 2. The van der Waals surface area contributed by atoms with Crippen molar-refractivity contribution in [2.75, 3.05) is 20.3 Å². The van der Waals surface area contributed by atoms with E-state index in [9.17, 15) is 9.59 Å². The maximum absolute atomic E-state index is 13.5. The van der Waals surface area contributed by atoms with Crippen molar-refractivity contribution in [1.29, 1.82) is 0 Å². The largest absolute Gasteiger partial charge is 0.497 e. The minimum atomic E-state index is -0.460. The predicted octanol–water partition coefficient (Wildman–Crippen LogP) is 3.22. The van der Waals surface area contributed by atoms with E-state index >= 15 is 0 Å². The minimum Gasteiger partial charge on any atom is -0.497 e. The fraction of sp³-hybridized carbons (Fsp3) is 0.320. The van der Waals surface area contributed by atoms with Crippen LogP contribution in [-0.4, -0.2) is 39.0 Å². The van der Waals surface area contributed by atoms with Gasteiger partial charge in [-0.3, -0.25) is 18.5 Å². The third-order valence-electron chi connectivity index (χ3n) is 5.62. The van der Waals surface area contributed by atoms with Gasteiger partial charge in [-0.05, 0) is 42.3 Å². The van der Waals surface area contributed by atoms with Gasteiger partial charge in [0.15, 0.2) is 11.2 Å². The number of halogens is 1. The summed E-state index contributed by atoms with van der Waals surface area (Å²) in [6, 6.07) is 15.0. The van der Waals surface area contributed by atoms with Crippen LogP contribution in [0.2, 0.25) is 5.02 Å². The molecule has 0 fully saturated rings. The Balaban J connectivity index is 1.81. The molecule has 0 saturated heterocycles. The second kappa shape index (κ2) is 10.8. The van der Waals surface area contributed by atoms with Gasteiger partial charge in [0.25, 0.3) is 11.6 Å². The number of hydrogen-bond donors (Lipinski definition) is 0. The van der Waals surface area contributed by atoms with Crippen molar-refractivity contribution in [2.45, 2.75) is 26.6 Å². The first-order valence-corrected chi connectivity index (χ1v) is 11.6. The molecule has 0 aliphatic rings. The highest BCUT2D eigenvalue weighted by Crippen LogP contribution is 2.22. The molecular formula is C25H27ClN4O5. The lowest BCUT2D eigenvalue weighted by molar-refractivity contribution is 0.137. The van der Waals surface area contributed by atoms with E-state index in [0.29, 0.717) is 23.9 Å². The van der Waals surface area contributed by atoms with Crippen molar-refractivity contribution in [3.8, 4) is 11.8 Å². The Morgan fingerprint density at radius 2 is 1.80 bits per heavy atom. The van der Waals surface area contributed by atoms with Crippen LogP contribution in [0.1, 0.15) is 18.1 Å². The molecule has 0 aliphatic heterocycles. The Labute approximate surface area is 207 Å². The van der Waals surface area contributed by atoms with Gasteiger partial charge in [0.05, 0.1) is 26.8 Å². The molecule has 2 aromatic heterocycles. The molecule has 0 aliphatic carbocycles. The SMILES string of the molecule is CCOCCn1c(=O)c2c(nc(OCc3cccc(OC)c3)n2Cc2ccc(Cl)cc2)n(C)c1=O. The summed E-state index contributed by atoms with van der Waals surface area (Å²) in [5.74, 6) is 0.709. The van der Waals surface area contributed by atoms with Gasteiger partial charge in [0.2, 0.25) is 0 Å². The summed E-state index contributed by atoms with van der Waals surface area (Å²) in [6.07, 6.45) is 0. The quantitative estimate of drug-likeness (QED) is 0.312. The number of methoxy groups -OCH3 is 1. The lowest BCUT2D eigenvalue weighted by Gasteiger charge is -2.12. The molecule has 0 bridgehead atoms. The second-order valence-corrected chi connectivity index (χ2v) is 8.35. The predicted molar refractivity (Wildman–Crippen MR) is 134 cm³/mol. The van der Waals surface area contributed by atoms with Crippen LogP contribution < -0.4 is 20.7 Å². The van der Waals surface area contributed by atoms with E-state index in [1.807, 2.05) is 43.3 Å². The molecule has 0 amide bonds. The molecular weight excluding hydrogens is 472 g/mol. The fourth-order valence-electron chi connectivity index (χ4n) is 3.79. The first-order chi connectivity index (χ1) is 16.9. The third kappa shape index (κ3) is 5.26. The van der Waals surface area contributed by atoms with Crippen molar-refractivity contribution in [3.05, 3.63) is 85.5 Å². The summed E-state index contributed by atoms with van der Waals surface area (Å²) in [5, 5.41) is 0.611. The molecule has 0 atom stereocenters. The standard InChI is InChI=1S/C25H27ClN4O5/c1-4-34-13-12-29-23(31)21-22(28(2)25(29)32)27-24(30(21)15-17-8-10-19(26)11-9-17)35-16-18-6-5-7-20(14-18)33-3/h5-11,14H,4,12-13,15-16H2,1-3H3. The number of imidazole rings is 1. The Kier molecular flexibility index (Phi) is 7.57. The smallest absolute Gasteiger partial charge is 0.332 e. The van der Waals surface area contributed by atoms with Crippen LogP contribution in [0.15, 0.2) is 58.1 Å². The molecule has 35 heavy (non-hydrogen) atoms. The monoisotopic (exact) mass is 498 g/mol. The molecule has 0 spiro atoms. The zero-order valence-electron chi connectivity index (χ0n) is 19.9. The molecule has 2 aromatic carbocycles. The van der Waals surface area contributed by atoms with E-state index < -0.39 is 11.2 Å². The van der Waals surface area contributed by atoms with E-state index in [4.69, 9.17) is 25.8 Å². The zero-order valence-corrected chi connectivity index (χ0v) is 20.6. The van der Waals surface area contributed by atoms with Crippen molar-refractivity contribution >= 4 is 22.8 Å². The molecule has 0 radical (unpaired) electrons. The molecule has 2 heterocycles. The summed E-state index contributed by atoms with van der Waals surface area (Å²) in [5.41, 5.74) is 1.39. The second-order valence-electron chi connectivity index (χ2n) is 7.91. The first-order valence-electron chi connectivity index (χ1n) is 11.2. The highest BCUT2D eigenvalue weighted by molar-refractivity contribution is 6.30. The van der Waals surface area contributed by atoms with Crippen LogP contribution in [0.25, 0.3) is 11.2 Å². The van der Waals surface area contributed by atoms with E-state index in [-0.39, 0.29) is 36.9 Å². The summed E-state index contributed by atoms with van der Waals surface area (Å²) >= 11 is 6.05. The number of aromatic nitrogens is 4. The number of rotatable bonds is 10. The number of aryl methyl sites for hydroxylation is 1. The average molecular weight is 499 g/mol. The van der Waals surface area contributed by atoms with Gasteiger partial charge in [0.1, 0.15) is 12.4 Å². The Bertz CT molecular complexity index is 1440. The summed E-state index contributed by atoms with van der Waals surface area (Å²) in [7, 11) is 3.19. The van der Waals surface area contributed by atoms with Crippen LogP contribution in [-0.2, 0) is 31.5 Å². The topological polar surface area (TPSA) is 89.5 Å². The highest BCUT2D eigenvalue weighted by atomic mass is 35.5. The maximum Gasteiger partial charge on any atom is 0.332 e. The van der Waals surface area contributed by atoms with Crippen molar-refractivity contribution in [3.63, 3.8) is 0 Å². The summed E-state index contributed by atoms with van der Waals surface area (Å²) in [6.45, 7) is 3.25. The molecule has 4 rings (SSSR count). The van der Waals surface area contributed by atoms with Crippen molar-refractivity contribution < 1.29 is 14.2 Å². The van der Waals surface area contributed by atoms with Gasteiger partial charge in [-0.15, -0.1) is 0 Å². The van der Waals surface area contributed by atoms with Crippen LogP contribution in [0, 0.1) is 0 Å². The average Bonchev–Trinajstić information content (AvgIpc) is 3.23. The van der Waals surface area contributed by atoms with Gasteiger partial charge < -0.3 is 14.2 Å². The number of ether oxygens (including phenoxy) is 3. The lowest BCUT2D eigenvalue weighted by atomic mass is 10.2. The zero-order chi connectivity index (χ0) is 24.9. The van der Waals surface area contributed by atoms with Crippen molar-refractivity contribution in [2.24, 2.45) is 7.05 Å². The van der Waals surface area contributed by atoms with Gasteiger partial charge in [-0.25, -0.2) is 4.79 Å². The van der Waals surface area contributed by atoms with Crippen LogP contribution in [0.5, 0.6) is 11.8 Å².